The average molecular weight is 185 g/mol. The second-order valence-corrected chi connectivity index (χ2v) is 3.80. The van der Waals surface area contributed by atoms with Gasteiger partial charge in [0.15, 0.2) is 0 Å². The molecule has 0 aliphatic carbocycles. The molecule has 3 heteroatoms. The minimum Gasteiger partial charge on any atom is -0.478 e. The highest BCUT2D eigenvalue weighted by Gasteiger charge is 2.07. The number of aliphatic carboxylic acids is 1. The van der Waals surface area contributed by atoms with Crippen molar-refractivity contribution in [2.45, 2.75) is 33.2 Å². The van der Waals surface area contributed by atoms with Gasteiger partial charge in [0.05, 0.1) is 0 Å². The molecule has 0 aliphatic rings. The highest BCUT2D eigenvalue weighted by Crippen LogP contribution is 2.09. The first kappa shape index (κ1) is 12.0. The molecular weight excluding hydrogens is 166 g/mol. The smallest absolute Gasteiger partial charge is 0.329 e. The number of nitrogens with zero attached hydrogens (tertiary/aromatic N) is 1. The second kappa shape index (κ2) is 5.62. The molecule has 1 unspecified atom stereocenters. The van der Waals surface area contributed by atoms with Gasteiger partial charge in [0.1, 0.15) is 0 Å². The van der Waals surface area contributed by atoms with Crippen molar-refractivity contribution in [2.75, 3.05) is 7.05 Å². The van der Waals surface area contributed by atoms with E-state index in [9.17, 15) is 4.79 Å². The quantitative estimate of drug-likeness (QED) is 0.665. The lowest BCUT2D eigenvalue weighted by Crippen LogP contribution is -2.25. The molecule has 0 spiro atoms. The topological polar surface area (TPSA) is 40.5 Å². The predicted octanol–water partition coefficient (Wildman–Crippen LogP) is 1.95. The molecule has 3 nitrogen and oxygen atoms in total. The van der Waals surface area contributed by atoms with Crippen molar-refractivity contribution in [3.63, 3.8) is 0 Å². The summed E-state index contributed by atoms with van der Waals surface area (Å²) in [5.41, 5.74) is 0. The van der Waals surface area contributed by atoms with Crippen LogP contribution in [0.25, 0.3) is 0 Å². The van der Waals surface area contributed by atoms with Gasteiger partial charge in [-0.3, -0.25) is 0 Å². The summed E-state index contributed by atoms with van der Waals surface area (Å²) < 4.78 is 0. The summed E-state index contributed by atoms with van der Waals surface area (Å²) >= 11 is 0. The molecule has 0 aliphatic heterocycles. The lowest BCUT2D eigenvalue weighted by molar-refractivity contribution is -0.131. The Morgan fingerprint density at radius 1 is 1.46 bits per heavy atom. The minimum absolute atomic E-state index is 0.385. The molecule has 0 heterocycles. The zero-order chi connectivity index (χ0) is 10.4. The van der Waals surface area contributed by atoms with Crippen molar-refractivity contribution in [1.82, 2.24) is 4.90 Å². The number of hydrogen-bond donors (Lipinski definition) is 1. The van der Waals surface area contributed by atoms with E-state index < -0.39 is 5.97 Å². The first-order valence-electron chi connectivity index (χ1n) is 4.56. The molecule has 0 bridgehead atoms. The summed E-state index contributed by atoms with van der Waals surface area (Å²) in [5.74, 6) is -0.265. The van der Waals surface area contributed by atoms with Crippen LogP contribution < -0.4 is 0 Å². The number of carboxylic acid groups (broad SMARTS) is 1. The fourth-order valence-corrected chi connectivity index (χ4v) is 1.18. The molecular formula is C10H19NO2. The van der Waals surface area contributed by atoms with E-state index in [1.807, 2.05) is 11.9 Å². The van der Waals surface area contributed by atoms with Gasteiger partial charge in [0.2, 0.25) is 0 Å². The Hall–Kier alpha value is -0.990. The van der Waals surface area contributed by atoms with Crippen LogP contribution in [0.2, 0.25) is 0 Å². The molecule has 13 heavy (non-hydrogen) atoms. The maximum absolute atomic E-state index is 10.2. The first-order chi connectivity index (χ1) is 5.93. The van der Waals surface area contributed by atoms with Gasteiger partial charge in [-0.2, -0.15) is 0 Å². The molecule has 76 valence electrons. The van der Waals surface area contributed by atoms with Crippen LogP contribution in [0.1, 0.15) is 27.2 Å². The third kappa shape index (κ3) is 6.20. The molecule has 0 rings (SSSR count). The van der Waals surface area contributed by atoms with Crippen LogP contribution >= 0.6 is 0 Å². The maximum Gasteiger partial charge on any atom is 0.329 e. The average Bonchev–Trinajstić information content (AvgIpc) is 1.98. The van der Waals surface area contributed by atoms with Crippen molar-refractivity contribution >= 4 is 5.97 Å². The fourth-order valence-electron chi connectivity index (χ4n) is 1.18. The summed E-state index contributed by atoms with van der Waals surface area (Å²) in [5, 5.41) is 8.41. The standard InChI is InChI=1S/C10H19NO2/c1-8(2)7-9(3)11(4)6-5-10(12)13/h5-6,8-9H,7H2,1-4H3,(H,12,13). The van der Waals surface area contributed by atoms with Crippen LogP contribution in [0.3, 0.4) is 0 Å². The normalized spacial score (nSPS) is 13.6. The highest BCUT2D eigenvalue weighted by molar-refractivity contribution is 5.79. The number of carboxylic acids is 1. The fraction of sp³-hybridized carbons (Fsp3) is 0.700. The SMILES string of the molecule is CC(C)CC(C)N(C)C=CC(=O)O. The molecule has 0 radical (unpaired) electrons. The maximum atomic E-state index is 10.2. The number of hydrogen-bond acceptors (Lipinski definition) is 2. The van der Waals surface area contributed by atoms with E-state index in [1.165, 1.54) is 0 Å². The Morgan fingerprint density at radius 2 is 2.00 bits per heavy atom. The van der Waals surface area contributed by atoms with E-state index >= 15 is 0 Å². The minimum atomic E-state index is -0.899. The summed E-state index contributed by atoms with van der Waals surface area (Å²) in [6.45, 7) is 6.41. The van der Waals surface area contributed by atoms with Crippen LogP contribution in [0, 0.1) is 5.92 Å². The third-order valence-electron chi connectivity index (χ3n) is 1.96. The molecule has 0 saturated heterocycles. The summed E-state index contributed by atoms with van der Waals surface area (Å²) in [4.78, 5) is 12.2. The van der Waals surface area contributed by atoms with Crippen LogP contribution in [-0.2, 0) is 4.79 Å². The Morgan fingerprint density at radius 3 is 2.38 bits per heavy atom. The number of carbonyl (C=O) groups is 1. The van der Waals surface area contributed by atoms with E-state index in [0.29, 0.717) is 12.0 Å². The lowest BCUT2D eigenvalue weighted by atomic mass is 10.0. The van der Waals surface area contributed by atoms with E-state index in [2.05, 4.69) is 20.8 Å². The monoisotopic (exact) mass is 185 g/mol. The molecule has 0 aromatic rings. The largest absolute Gasteiger partial charge is 0.478 e. The van der Waals surface area contributed by atoms with E-state index in [1.54, 1.807) is 6.20 Å². The van der Waals surface area contributed by atoms with Crippen molar-refractivity contribution < 1.29 is 9.90 Å². The van der Waals surface area contributed by atoms with Crippen LogP contribution in [0.4, 0.5) is 0 Å². The molecule has 1 atom stereocenters. The second-order valence-electron chi connectivity index (χ2n) is 3.80. The van der Waals surface area contributed by atoms with Crippen molar-refractivity contribution in [2.24, 2.45) is 5.92 Å². The van der Waals surface area contributed by atoms with Gasteiger partial charge in [-0.25, -0.2) is 4.79 Å². The van der Waals surface area contributed by atoms with E-state index in [-0.39, 0.29) is 0 Å². The zero-order valence-electron chi connectivity index (χ0n) is 8.82. The molecule has 0 saturated carbocycles. The lowest BCUT2D eigenvalue weighted by Gasteiger charge is -2.24. The number of rotatable bonds is 5. The first-order valence-corrected chi connectivity index (χ1v) is 4.56. The third-order valence-corrected chi connectivity index (χ3v) is 1.96. The van der Waals surface area contributed by atoms with Gasteiger partial charge in [-0.05, 0) is 19.3 Å². The van der Waals surface area contributed by atoms with Gasteiger partial charge < -0.3 is 10.0 Å². The highest BCUT2D eigenvalue weighted by atomic mass is 16.4. The van der Waals surface area contributed by atoms with Gasteiger partial charge in [-0.1, -0.05) is 13.8 Å². The van der Waals surface area contributed by atoms with Gasteiger partial charge in [0.25, 0.3) is 0 Å². The van der Waals surface area contributed by atoms with Gasteiger partial charge in [-0.15, -0.1) is 0 Å². The Kier molecular flexibility index (Phi) is 5.19. The molecule has 1 N–H and O–H groups in total. The molecule has 0 aromatic heterocycles. The Labute approximate surface area is 80.0 Å². The van der Waals surface area contributed by atoms with Crippen LogP contribution in [-0.4, -0.2) is 29.1 Å². The Balaban J connectivity index is 3.95. The zero-order valence-corrected chi connectivity index (χ0v) is 8.82. The summed E-state index contributed by atoms with van der Waals surface area (Å²) in [6, 6.07) is 0.385. The van der Waals surface area contributed by atoms with E-state index in [0.717, 1.165) is 12.5 Å². The van der Waals surface area contributed by atoms with E-state index in [4.69, 9.17) is 5.11 Å². The molecule has 0 aromatic carbocycles. The summed E-state index contributed by atoms with van der Waals surface area (Å²) in [7, 11) is 1.90. The molecule has 0 amide bonds. The Bertz CT molecular complexity index is 187. The predicted molar refractivity (Wildman–Crippen MR) is 53.5 cm³/mol. The van der Waals surface area contributed by atoms with Gasteiger partial charge >= 0.3 is 5.97 Å². The summed E-state index contributed by atoms with van der Waals surface area (Å²) in [6.07, 6.45) is 3.84. The van der Waals surface area contributed by atoms with Crippen molar-refractivity contribution in [3.05, 3.63) is 12.3 Å². The van der Waals surface area contributed by atoms with Crippen LogP contribution in [0.15, 0.2) is 12.3 Å². The van der Waals surface area contributed by atoms with Crippen LogP contribution in [0.5, 0.6) is 0 Å². The van der Waals surface area contributed by atoms with Crippen molar-refractivity contribution in [1.29, 1.82) is 0 Å². The van der Waals surface area contributed by atoms with Crippen molar-refractivity contribution in [3.8, 4) is 0 Å². The molecule has 0 fully saturated rings. The van der Waals surface area contributed by atoms with Gasteiger partial charge in [0, 0.05) is 25.4 Å².